The smallest absolute Gasteiger partial charge is 0.415 e. The fourth-order valence-corrected chi connectivity index (χ4v) is 10.0. The Hall–Kier alpha value is -5.10. The van der Waals surface area contributed by atoms with Gasteiger partial charge in [-0.25, -0.2) is 31.5 Å². The number of halogens is 5. The highest BCUT2D eigenvalue weighted by Crippen LogP contribution is 2.43. The van der Waals surface area contributed by atoms with E-state index in [2.05, 4.69) is 20.3 Å². The predicted molar refractivity (Wildman–Crippen MR) is 211 cm³/mol. The zero-order valence-corrected chi connectivity index (χ0v) is 33.5. The number of ether oxygens (including phenoxy) is 4. The molecule has 6 bridgehead atoms. The van der Waals surface area contributed by atoms with E-state index in [1.54, 1.807) is 6.07 Å². The van der Waals surface area contributed by atoms with Gasteiger partial charge in [0.15, 0.2) is 5.82 Å². The summed E-state index contributed by atoms with van der Waals surface area (Å²) in [4.78, 5) is 45.0. The number of benzene rings is 2. The second-order valence-corrected chi connectivity index (χ2v) is 17.3. The van der Waals surface area contributed by atoms with Crippen LogP contribution in [0.25, 0.3) is 32.9 Å². The van der Waals surface area contributed by atoms with Gasteiger partial charge in [-0.2, -0.15) is 9.97 Å². The number of fused-ring (bicyclic) bond motifs is 7. The molecule has 2 aromatic heterocycles. The van der Waals surface area contributed by atoms with Crippen molar-refractivity contribution in [2.75, 3.05) is 57.4 Å². The number of alkyl carbamates (subject to hydrolysis) is 1. The van der Waals surface area contributed by atoms with Crippen molar-refractivity contribution in [2.24, 2.45) is 0 Å². The highest BCUT2D eigenvalue weighted by Gasteiger charge is 2.50. The van der Waals surface area contributed by atoms with Crippen molar-refractivity contribution in [1.82, 2.24) is 30.1 Å². The van der Waals surface area contributed by atoms with E-state index in [1.807, 2.05) is 18.7 Å². The minimum absolute atomic E-state index is 0. The van der Waals surface area contributed by atoms with Crippen LogP contribution in [0.1, 0.15) is 59.9 Å². The maximum absolute atomic E-state index is 17.6. The summed E-state index contributed by atoms with van der Waals surface area (Å²) in [6, 6.07) is 5.36. The first-order chi connectivity index (χ1) is 28.6. The molecule has 10 rings (SSSR count). The van der Waals surface area contributed by atoms with Gasteiger partial charge in [-0.3, -0.25) is 9.88 Å². The number of rotatable bonds is 4. The number of amides is 2. The van der Waals surface area contributed by atoms with Crippen LogP contribution in [-0.4, -0.2) is 125 Å². The summed E-state index contributed by atoms with van der Waals surface area (Å²) in [6.45, 7) is 5.41. The molecule has 0 saturated carbocycles. The number of aromatic nitrogens is 3. The van der Waals surface area contributed by atoms with Crippen LogP contribution in [0.2, 0.25) is 0 Å². The lowest BCUT2D eigenvalue weighted by Gasteiger charge is -2.44. The zero-order valence-electron chi connectivity index (χ0n) is 33.5. The number of carbonyl (C=O) groups is 2. The van der Waals surface area contributed by atoms with Crippen molar-refractivity contribution < 1.29 is 51.9 Å². The number of alkyl halides is 3. The molecule has 18 heteroatoms. The first kappa shape index (κ1) is 40.3. The standard InChI is InChI=1S/C42H46F5N7O6.H2/c1-23-16-52(17-24(2)59-23)39(56)60-27-12-25-7-8-31(44)28-6-4-11-57-38(55)51-40(3)19-42(46,47)21-53(20-40)36-30-15-48-34(29(13-27)32(25)28)33(45)35(30)49-37(50-36)58-22-41-9-5-10-54(41)18-26(43)14-41;/h7-8,12-13,15,23-24,26H,4-6,9-11,14,16-22H2,1-3H3,(H,51,55);1H/t23-,24+,26-,40-,41+;/m1./s1. The van der Waals surface area contributed by atoms with E-state index in [4.69, 9.17) is 18.9 Å². The molecule has 0 radical (unpaired) electrons. The second-order valence-electron chi connectivity index (χ2n) is 17.3. The monoisotopic (exact) mass is 841 g/mol. The summed E-state index contributed by atoms with van der Waals surface area (Å²) in [5.74, 6) is -5.05. The number of aryl methyl sites for hydroxylation is 1. The molecule has 5 atom stereocenters. The van der Waals surface area contributed by atoms with Gasteiger partial charge in [0, 0.05) is 39.1 Å². The molecule has 60 heavy (non-hydrogen) atoms. The fourth-order valence-electron chi connectivity index (χ4n) is 10.0. The average molecular weight is 842 g/mol. The van der Waals surface area contributed by atoms with Gasteiger partial charge < -0.3 is 34.1 Å². The van der Waals surface area contributed by atoms with E-state index in [1.165, 1.54) is 41.1 Å². The molecular weight excluding hydrogens is 793 g/mol. The van der Waals surface area contributed by atoms with E-state index in [0.717, 1.165) is 6.42 Å². The minimum atomic E-state index is -3.35. The van der Waals surface area contributed by atoms with Crippen LogP contribution in [-0.2, 0) is 15.9 Å². The average Bonchev–Trinajstić information content (AvgIpc) is 3.70. The van der Waals surface area contributed by atoms with Crippen LogP contribution in [0.4, 0.5) is 37.4 Å². The van der Waals surface area contributed by atoms with Gasteiger partial charge in [-0.15, -0.1) is 0 Å². The Balaban J connectivity index is 0.00000514. The Morgan fingerprint density at radius 3 is 2.68 bits per heavy atom. The number of morpholine rings is 1. The van der Waals surface area contributed by atoms with Crippen LogP contribution >= 0.6 is 0 Å². The lowest BCUT2D eigenvalue weighted by atomic mass is 9.88. The molecule has 8 heterocycles. The molecule has 6 aliphatic heterocycles. The second kappa shape index (κ2) is 15.1. The maximum atomic E-state index is 17.6. The summed E-state index contributed by atoms with van der Waals surface area (Å²) < 4.78 is 103. The van der Waals surface area contributed by atoms with Crippen molar-refractivity contribution in [3.63, 3.8) is 0 Å². The third-order valence-corrected chi connectivity index (χ3v) is 12.3. The van der Waals surface area contributed by atoms with E-state index in [-0.39, 0.29) is 123 Å². The zero-order chi connectivity index (χ0) is 42.1. The van der Waals surface area contributed by atoms with Crippen molar-refractivity contribution in [3.8, 4) is 23.0 Å². The van der Waals surface area contributed by atoms with Crippen molar-refractivity contribution >= 4 is 39.7 Å². The molecule has 2 aromatic carbocycles. The van der Waals surface area contributed by atoms with Crippen molar-refractivity contribution in [3.05, 3.63) is 47.7 Å². The molecule has 13 nitrogen and oxygen atoms in total. The lowest BCUT2D eigenvalue weighted by Crippen LogP contribution is -2.63. The van der Waals surface area contributed by atoms with Crippen LogP contribution in [0.5, 0.6) is 11.8 Å². The van der Waals surface area contributed by atoms with Gasteiger partial charge in [0.1, 0.15) is 41.4 Å². The quantitative estimate of drug-likeness (QED) is 0.209. The highest BCUT2D eigenvalue weighted by molar-refractivity contribution is 6.02. The number of hydrogen-bond donors (Lipinski definition) is 1. The molecule has 1 N–H and O–H groups in total. The van der Waals surface area contributed by atoms with E-state index >= 15 is 17.6 Å². The van der Waals surface area contributed by atoms with E-state index in [9.17, 15) is 14.0 Å². The molecular formula is C42H48F5N7O6. The number of hydrogen-bond acceptors (Lipinski definition) is 11. The van der Waals surface area contributed by atoms with Crippen molar-refractivity contribution in [1.29, 1.82) is 0 Å². The third kappa shape index (κ3) is 7.60. The van der Waals surface area contributed by atoms with E-state index in [0.29, 0.717) is 18.4 Å². The fraction of sp³-hybridized carbons (Fsp3) is 0.548. The SMILES string of the molecule is C[C@@H]1CN(C(=O)Oc2cc3c4c(c(F)ccc4c2)CCCOC(=O)N[C@@]2(C)CN(CC(F)(F)C2)c2nc(OC[C@@]45CCCN4C[C@H](F)C5)nc4c(F)c-3ncc24)C[C@H](C)O1.[HH]. The van der Waals surface area contributed by atoms with Crippen LogP contribution in [0.15, 0.2) is 30.5 Å². The summed E-state index contributed by atoms with van der Waals surface area (Å²) in [7, 11) is 0. The van der Waals surface area contributed by atoms with Crippen LogP contribution in [0.3, 0.4) is 0 Å². The number of nitrogens with zero attached hydrogens (tertiary/aromatic N) is 6. The number of anilines is 1. The minimum Gasteiger partial charge on any atom is -0.461 e. The van der Waals surface area contributed by atoms with Crippen molar-refractivity contribution in [2.45, 2.75) is 94.7 Å². The summed E-state index contributed by atoms with van der Waals surface area (Å²) >= 11 is 0. The van der Waals surface area contributed by atoms with Gasteiger partial charge >= 0.3 is 18.2 Å². The molecule has 6 aliphatic rings. The first-order valence-electron chi connectivity index (χ1n) is 20.4. The molecule has 2 amide bonds. The largest absolute Gasteiger partial charge is 0.461 e. The Kier molecular flexibility index (Phi) is 10.2. The third-order valence-electron chi connectivity index (χ3n) is 12.3. The maximum Gasteiger partial charge on any atom is 0.415 e. The summed E-state index contributed by atoms with van der Waals surface area (Å²) in [6.07, 6.45) is -0.747. The molecule has 0 aliphatic carbocycles. The molecule has 4 fully saturated rings. The predicted octanol–water partition coefficient (Wildman–Crippen LogP) is 7.21. The number of nitrogens with one attached hydrogen (secondary N) is 1. The van der Waals surface area contributed by atoms with E-state index < -0.39 is 60.0 Å². The Morgan fingerprint density at radius 1 is 1.08 bits per heavy atom. The van der Waals surface area contributed by atoms with Gasteiger partial charge in [0.05, 0.1) is 54.9 Å². The van der Waals surface area contributed by atoms with Crippen LogP contribution in [0, 0.1) is 11.6 Å². The topological polar surface area (TPSA) is 131 Å². The molecule has 0 unspecified atom stereocenters. The van der Waals surface area contributed by atoms with Gasteiger partial charge in [0.25, 0.3) is 5.92 Å². The lowest BCUT2D eigenvalue weighted by molar-refractivity contribution is -0.0592. The Bertz CT molecular complexity index is 2370. The Morgan fingerprint density at radius 2 is 1.88 bits per heavy atom. The van der Waals surface area contributed by atoms with Gasteiger partial charge in [0.2, 0.25) is 0 Å². The molecule has 4 aromatic rings. The summed E-state index contributed by atoms with van der Waals surface area (Å²) in [5, 5.41) is 3.24. The molecule has 4 saturated heterocycles. The van der Waals surface area contributed by atoms with Crippen LogP contribution < -0.4 is 19.7 Å². The highest BCUT2D eigenvalue weighted by atomic mass is 19.3. The molecule has 0 spiro atoms. The summed E-state index contributed by atoms with van der Waals surface area (Å²) in [5.41, 5.74) is -2.57. The van der Waals surface area contributed by atoms with Gasteiger partial charge in [-0.05, 0) is 87.5 Å². The normalized spacial score (nSPS) is 28.1. The number of pyridine rings is 1. The Labute approximate surface area is 344 Å². The number of piperidine rings is 1. The van der Waals surface area contributed by atoms with Gasteiger partial charge in [-0.1, -0.05) is 6.07 Å². The molecule has 322 valence electrons. The number of carbonyl (C=O) groups excluding carboxylic acids is 2. The first-order valence-corrected chi connectivity index (χ1v) is 20.4.